The van der Waals surface area contributed by atoms with Gasteiger partial charge in [0.15, 0.2) is 5.78 Å². The molecule has 0 radical (unpaired) electrons. The molecule has 1 saturated heterocycles. The second kappa shape index (κ2) is 8.60. The summed E-state index contributed by atoms with van der Waals surface area (Å²) >= 11 is 0. The molecule has 1 aliphatic heterocycles. The highest BCUT2D eigenvalue weighted by molar-refractivity contribution is 7.86. The van der Waals surface area contributed by atoms with E-state index < -0.39 is 10.1 Å². The fourth-order valence-corrected chi connectivity index (χ4v) is 5.18. The van der Waals surface area contributed by atoms with E-state index in [9.17, 15) is 13.2 Å². The smallest absolute Gasteiger partial charge is 0.308 e. The summed E-state index contributed by atoms with van der Waals surface area (Å²) in [5.41, 5.74) is 4.39. The highest BCUT2D eigenvalue weighted by Crippen LogP contribution is 2.48. The zero-order valence-corrected chi connectivity index (χ0v) is 18.8. The summed E-state index contributed by atoms with van der Waals surface area (Å²) in [6, 6.07) is 4.19. The lowest BCUT2D eigenvalue weighted by Crippen LogP contribution is -2.37. The van der Waals surface area contributed by atoms with Gasteiger partial charge in [-0.25, -0.2) is 0 Å². The quantitative estimate of drug-likeness (QED) is 0.640. The topological polar surface area (TPSA) is 69.7 Å². The van der Waals surface area contributed by atoms with Crippen LogP contribution in [-0.2, 0) is 36.7 Å². The van der Waals surface area contributed by atoms with Crippen molar-refractivity contribution in [3.8, 4) is 0 Å². The van der Waals surface area contributed by atoms with Crippen LogP contribution in [0.25, 0.3) is 5.57 Å². The van der Waals surface area contributed by atoms with Gasteiger partial charge in [-0.3, -0.25) is 4.79 Å². The standard InChI is InChI=1S/C23H32O5S/c1-5-17-12-16(4)13-18(6-2)21(17)22-19(24)14-23(8-10-27-11-9-23)15-20(22)28-29(25,26)7-3/h12-13H,5-11,14-15H2,1-4H3. The number of aryl methyl sites for hydroxylation is 3. The van der Waals surface area contributed by atoms with Gasteiger partial charge in [0.1, 0.15) is 5.76 Å². The average Bonchev–Trinajstić information content (AvgIpc) is 2.68. The van der Waals surface area contributed by atoms with Gasteiger partial charge in [0.2, 0.25) is 0 Å². The molecule has 29 heavy (non-hydrogen) atoms. The SMILES string of the molecule is CCc1cc(C)cc(CC)c1C1=C(OS(=O)(=O)CC)CC2(CCOCC2)CC1=O. The Bertz CT molecular complexity index is 896. The fourth-order valence-electron chi connectivity index (χ4n) is 4.62. The number of ether oxygens (including phenoxy) is 1. The third-order valence-electron chi connectivity index (χ3n) is 6.22. The van der Waals surface area contributed by atoms with Crippen molar-refractivity contribution < 1.29 is 22.1 Å². The third-order valence-corrected chi connectivity index (χ3v) is 7.38. The molecular formula is C23H32O5S. The van der Waals surface area contributed by atoms with E-state index in [1.54, 1.807) is 6.92 Å². The summed E-state index contributed by atoms with van der Waals surface area (Å²) in [6.07, 6.45) is 3.93. The Morgan fingerprint density at radius 1 is 1.03 bits per heavy atom. The van der Waals surface area contributed by atoms with Gasteiger partial charge < -0.3 is 8.92 Å². The molecule has 1 aliphatic carbocycles. The maximum Gasteiger partial charge on any atom is 0.308 e. The zero-order valence-electron chi connectivity index (χ0n) is 18.0. The summed E-state index contributed by atoms with van der Waals surface area (Å²) < 4.78 is 35.9. The van der Waals surface area contributed by atoms with Crippen molar-refractivity contribution in [3.05, 3.63) is 40.1 Å². The van der Waals surface area contributed by atoms with Crippen LogP contribution >= 0.6 is 0 Å². The Balaban J connectivity index is 2.22. The molecule has 0 unspecified atom stereocenters. The van der Waals surface area contributed by atoms with Crippen LogP contribution in [0.1, 0.15) is 68.7 Å². The van der Waals surface area contributed by atoms with E-state index in [0.717, 1.165) is 47.9 Å². The summed E-state index contributed by atoms with van der Waals surface area (Å²) in [6.45, 7) is 8.94. The maximum atomic E-state index is 13.5. The first-order valence-electron chi connectivity index (χ1n) is 10.6. The number of hydrogen-bond acceptors (Lipinski definition) is 5. The van der Waals surface area contributed by atoms with Gasteiger partial charge >= 0.3 is 10.1 Å². The molecule has 0 saturated carbocycles. The molecule has 2 aliphatic rings. The largest absolute Gasteiger partial charge is 0.386 e. The van der Waals surface area contributed by atoms with Gasteiger partial charge in [0, 0.05) is 26.1 Å². The number of Topliss-reactive ketones (excluding diaryl/α,β-unsaturated/α-hetero) is 1. The van der Waals surface area contributed by atoms with Gasteiger partial charge in [-0.15, -0.1) is 0 Å². The second-order valence-corrected chi connectivity index (χ2v) is 10.1. The van der Waals surface area contributed by atoms with Crippen LogP contribution in [-0.4, -0.2) is 33.2 Å². The van der Waals surface area contributed by atoms with Gasteiger partial charge in [-0.1, -0.05) is 31.5 Å². The first-order chi connectivity index (χ1) is 13.7. The lowest BCUT2D eigenvalue weighted by molar-refractivity contribution is -0.118. The van der Waals surface area contributed by atoms with Gasteiger partial charge in [-0.05, 0) is 61.6 Å². The average molecular weight is 421 g/mol. The Kier molecular flexibility index (Phi) is 6.54. The zero-order chi connectivity index (χ0) is 21.2. The van der Waals surface area contributed by atoms with Crippen molar-refractivity contribution in [3.63, 3.8) is 0 Å². The number of rotatable bonds is 6. The highest BCUT2D eigenvalue weighted by atomic mass is 32.2. The number of hydrogen-bond donors (Lipinski definition) is 0. The molecule has 1 fully saturated rings. The Hall–Kier alpha value is -1.66. The number of ketones is 1. The molecule has 1 spiro atoms. The van der Waals surface area contributed by atoms with Crippen LogP contribution in [0.5, 0.6) is 0 Å². The van der Waals surface area contributed by atoms with Crippen molar-refractivity contribution in [2.45, 2.75) is 66.2 Å². The highest BCUT2D eigenvalue weighted by Gasteiger charge is 2.43. The van der Waals surface area contributed by atoms with E-state index in [0.29, 0.717) is 37.4 Å². The molecule has 6 heteroatoms. The van der Waals surface area contributed by atoms with Crippen molar-refractivity contribution in [2.75, 3.05) is 19.0 Å². The number of benzene rings is 1. The van der Waals surface area contributed by atoms with E-state index >= 15 is 0 Å². The Morgan fingerprint density at radius 3 is 2.14 bits per heavy atom. The molecule has 1 aromatic rings. The molecule has 1 aromatic carbocycles. The summed E-state index contributed by atoms with van der Waals surface area (Å²) in [5.74, 6) is 0.203. The minimum atomic E-state index is -3.73. The summed E-state index contributed by atoms with van der Waals surface area (Å²) in [4.78, 5) is 13.5. The first kappa shape index (κ1) is 22.0. The van der Waals surface area contributed by atoms with Crippen LogP contribution in [0.3, 0.4) is 0 Å². The van der Waals surface area contributed by atoms with Gasteiger partial charge in [-0.2, -0.15) is 8.42 Å². The van der Waals surface area contributed by atoms with Crippen LogP contribution in [0, 0.1) is 12.3 Å². The summed E-state index contributed by atoms with van der Waals surface area (Å²) in [7, 11) is -3.73. The predicted octanol–water partition coefficient (Wildman–Crippen LogP) is 4.36. The normalized spacial score (nSPS) is 19.7. The van der Waals surface area contributed by atoms with E-state index in [1.807, 2.05) is 0 Å². The summed E-state index contributed by atoms with van der Waals surface area (Å²) in [5, 5.41) is 0. The molecule has 5 nitrogen and oxygen atoms in total. The lowest BCUT2D eigenvalue weighted by Gasteiger charge is -2.40. The van der Waals surface area contributed by atoms with Gasteiger partial charge in [0.25, 0.3) is 0 Å². The van der Waals surface area contributed by atoms with Crippen LogP contribution < -0.4 is 0 Å². The van der Waals surface area contributed by atoms with Crippen molar-refractivity contribution in [2.24, 2.45) is 5.41 Å². The number of allylic oxidation sites excluding steroid dienone is 2. The maximum absolute atomic E-state index is 13.5. The van der Waals surface area contributed by atoms with E-state index in [-0.39, 0.29) is 17.0 Å². The van der Waals surface area contributed by atoms with E-state index in [1.165, 1.54) is 0 Å². The van der Waals surface area contributed by atoms with Crippen molar-refractivity contribution in [1.82, 2.24) is 0 Å². The molecule has 0 N–H and O–H groups in total. The lowest BCUT2D eigenvalue weighted by atomic mass is 9.67. The molecule has 0 atom stereocenters. The Labute approximate surface area is 174 Å². The van der Waals surface area contributed by atoms with Crippen LogP contribution in [0.2, 0.25) is 0 Å². The Morgan fingerprint density at radius 2 is 1.62 bits per heavy atom. The molecule has 0 aromatic heterocycles. The molecule has 0 amide bonds. The predicted molar refractivity (Wildman–Crippen MR) is 114 cm³/mol. The van der Waals surface area contributed by atoms with E-state index in [4.69, 9.17) is 8.92 Å². The molecule has 3 rings (SSSR count). The number of carbonyl (C=O) groups excluding carboxylic acids is 1. The molecular weight excluding hydrogens is 388 g/mol. The molecule has 160 valence electrons. The number of carbonyl (C=O) groups is 1. The molecule has 1 heterocycles. The van der Waals surface area contributed by atoms with Crippen LogP contribution in [0.4, 0.5) is 0 Å². The van der Waals surface area contributed by atoms with Crippen molar-refractivity contribution in [1.29, 1.82) is 0 Å². The molecule has 0 bridgehead atoms. The first-order valence-corrected chi connectivity index (χ1v) is 12.2. The second-order valence-electron chi connectivity index (χ2n) is 8.28. The minimum Gasteiger partial charge on any atom is -0.386 e. The van der Waals surface area contributed by atoms with Gasteiger partial charge in [0.05, 0.1) is 11.3 Å². The third kappa shape index (κ3) is 4.58. The fraction of sp³-hybridized carbons (Fsp3) is 0.609. The minimum absolute atomic E-state index is 0.00675. The monoisotopic (exact) mass is 420 g/mol. The van der Waals surface area contributed by atoms with Crippen molar-refractivity contribution >= 4 is 21.5 Å². The van der Waals surface area contributed by atoms with E-state index in [2.05, 4.69) is 32.9 Å². The van der Waals surface area contributed by atoms with Crippen LogP contribution in [0.15, 0.2) is 17.9 Å².